The topological polar surface area (TPSA) is 65.5 Å². The number of nitrogens with zero attached hydrogens (tertiary/aromatic N) is 1. The van der Waals surface area contributed by atoms with Crippen molar-refractivity contribution in [2.75, 3.05) is 25.0 Å². The van der Waals surface area contributed by atoms with E-state index in [2.05, 4.69) is 36.9 Å². The number of alkyl halides is 1. The van der Waals surface area contributed by atoms with Crippen LogP contribution in [-0.4, -0.2) is 37.1 Å². The van der Waals surface area contributed by atoms with Crippen molar-refractivity contribution >= 4 is 51.5 Å². The van der Waals surface area contributed by atoms with Gasteiger partial charge in [0.2, 0.25) is 0 Å². The summed E-state index contributed by atoms with van der Waals surface area (Å²) in [4.78, 5) is 15.5. The maximum absolute atomic E-state index is 14.9. The van der Waals surface area contributed by atoms with Gasteiger partial charge in [0.25, 0.3) is 0 Å². The zero-order valence-corrected chi connectivity index (χ0v) is 18.0. The first kappa shape index (κ1) is 23.3. The summed E-state index contributed by atoms with van der Waals surface area (Å²) in [6, 6.07) is 2.97. The Labute approximate surface area is 173 Å². The van der Waals surface area contributed by atoms with Gasteiger partial charge in [0.05, 0.1) is 22.8 Å². The lowest BCUT2D eigenvalue weighted by Crippen LogP contribution is -2.26. The molecule has 3 N–H and O–H groups in total. The Balaban J connectivity index is 3.05. The van der Waals surface area contributed by atoms with Crippen molar-refractivity contribution in [2.45, 2.75) is 25.6 Å². The van der Waals surface area contributed by atoms with Crippen LogP contribution < -0.4 is 16.0 Å². The van der Waals surface area contributed by atoms with E-state index in [0.29, 0.717) is 23.6 Å². The molecule has 0 aliphatic carbocycles. The van der Waals surface area contributed by atoms with Crippen LogP contribution in [0.3, 0.4) is 0 Å². The molecule has 1 aromatic rings. The van der Waals surface area contributed by atoms with Crippen molar-refractivity contribution in [3.05, 3.63) is 46.4 Å². The number of carbonyl (C=O) groups is 1. The summed E-state index contributed by atoms with van der Waals surface area (Å²) >= 11 is 9.65. The van der Waals surface area contributed by atoms with Crippen molar-refractivity contribution in [3.63, 3.8) is 0 Å². The van der Waals surface area contributed by atoms with Crippen molar-refractivity contribution in [1.82, 2.24) is 10.6 Å². The normalized spacial score (nSPS) is 13.7. The quantitative estimate of drug-likeness (QED) is 0.112. The average Bonchev–Trinajstić information content (AvgIpc) is 2.63. The molecule has 0 radical (unpaired) electrons. The van der Waals surface area contributed by atoms with Gasteiger partial charge in [0.1, 0.15) is 5.69 Å². The second-order valence-electron chi connectivity index (χ2n) is 5.57. The number of halogens is 3. The number of aldehydes is 1. The smallest absolute Gasteiger partial charge is 0.172 e. The van der Waals surface area contributed by atoms with Crippen LogP contribution in [0.15, 0.2) is 40.0 Å². The largest absolute Gasteiger partial charge is 0.375 e. The molecule has 0 heterocycles. The van der Waals surface area contributed by atoms with Crippen LogP contribution in [0, 0.1) is 5.82 Å². The molecular formula is C19H25BrClFN4O. The number of hydrogen-bond acceptors (Lipinski definition) is 4. The van der Waals surface area contributed by atoms with Crippen molar-refractivity contribution in [3.8, 4) is 0 Å². The predicted octanol–water partition coefficient (Wildman–Crippen LogP) is 4.72. The number of anilines is 1. The third kappa shape index (κ3) is 7.82. The van der Waals surface area contributed by atoms with E-state index in [4.69, 9.17) is 11.6 Å². The molecule has 0 aliphatic heterocycles. The first-order chi connectivity index (χ1) is 12.9. The Morgan fingerprint density at radius 3 is 2.74 bits per heavy atom. The molecule has 0 aromatic heterocycles. The highest BCUT2D eigenvalue weighted by molar-refractivity contribution is 9.09. The highest BCUT2D eigenvalue weighted by Crippen LogP contribution is 2.30. The summed E-state index contributed by atoms with van der Waals surface area (Å²) in [7, 11) is 0. The Morgan fingerprint density at radius 2 is 2.15 bits per heavy atom. The Bertz CT molecular complexity index is 720. The van der Waals surface area contributed by atoms with Gasteiger partial charge < -0.3 is 16.0 Å². The second kappa shape index (κ2) is 12.6. The maximum Gasteiger partial charge on any atom is 0.172 e. The van der Waals surface area contributed by atoms with Crippen LogP contribution in [-0.2, 0) is 0 Å². The number of benzene rings is 1. The lowest BCUT2D eigenvalue weighted by molar-refractivity contribution is 0.112. The molecular weight excluding hydrogens is 435 g/mol. The number of aliphatic imine (C=N–C) groups is 1. The summed E-state index contributed by atoms with van der Waals surface area (Å²) < 4.78 is 14.9. The molecule has 0 spiro atoms. The zero-order chi connectivity index (χ0) is 20.2. The molecule has 1 rings (SSSR count). The summed E-state index contributed by atoms with van der Waals surface area (Å²) in [5.41, 5.74) is 0.828. The lowest BCUT2D eigenvalue weighted by Gasteiger charge is -2.14. The molecule has 1 atom stereocenters. The molecule has 5 nitrogen and oxygen atoms in total. The van der Waals surface area contributed by atoms with E-state index in [-0.39, 0.29) is 21.8 Å². The number of carbonyl (C=O) groups excluding carboxylic acids is 1. The Hall–Kier alpha value is -1.70. The van der Waals surface area contributed by atoms with Crippen LogP contribution in [0.2, 0.25) is 0 Å². The average molecular weight is 460 g/mol. The Morgan fingerprint density at radius 1 is 1.41 bits per heavy atom. The standard InChI is InChI=1S/C19H25BrClFN4O/c1-4-16(15(21)10-13(3)20)26-19-14(11-27)6-7-17(18(19)22)25-12-24-9-8-23-5-2/h4,6-7,10-13,23,26H,5,8-9H2,1-3H3,(H,24,25)/b15-10+,16-4+. The van der Waals surface area contributed by atoms with Gasteiger partial charge in [-0.15, -0.1) is 0 Å². The minimum absolute atomic E-state index is 0.0363. The van der Waals surface area contributed by atoms with E-state index in [0.717, 1.165) is 13.1 Å². The predicted molar refractivity (Wildman–Crippen MR) is 116 cm³/mol. The maximum atomic E-state index is 14.9. The summed E-state index contributed by atoms with van der Waals surface area (Å²) in [5, 5.41) is 9.46. The summed E-state index contributed by atoms with van der Waals surface area (Å²) in [6.07, 6.45) is 5.50. The summed E-state index contributed by atoms with van der Waals surface area (Å²) in [6.45, 7) is 8.03. The van der Waals surface area contributed by atoms with Crippen LogP contribution in [0.25, 0.3) is 0 Å². The molecule has 1 aromatic carbocycles. The van der Waals surface area contributed by atoms with E-state index in [1.54, 1.807) is 19.1 Å². The van der Waals surface area contributed by atoms with Gasteiger partial charge in [0.15, 0.2) is 12.1 Å². The second-order valence-corrected chi connectivity index (χ2v) is 7.42. The van der Waals surface area contributed by atoms with Gasteiger partial charge in [-0.25, -0.2) is 9.38 Å². The van der Waals surface area contributed by atoms with E-state index in [9.17, 15) is 9.18 Å². The lowest BCUT2D eigenvalue weighted by atomic mass is 10.1. The molecule has 8 heteroatoms. The number of hydrogen-bond donors (Lipinski definition) is 3. The van der Waals surface area contributed by atoms with Gasteiger partial charge >= 0.3 is 0 Å². The van der Waals surface area contributed by atoms with Crippen molar-refractivity contribution in [1.29, 1.82) is 0 Å². The van der Waals surface area contributed by atoms with Gasteiger partial charge in [-0.2, -0.15) is 0 Å². The highest BCUT2D eigenvalue weighted by Gasteiger charge is 2.15. The number of allylic oxidation sites excluding steroid dienone is 3. The molecule has 0 saturated heterocycles. The number of nitrogens with one attached hydrogen (secondary N) is 3. The van der Waals surface area contributed by atoms with Gasteiger partial charge in [-0.1, -0.05) is 46.6 Å². The molecule has 0 saturated carbocycles. The first-order valence-corrected chi connectivity index (χ1v) is 9.93. The monoisotopic (exact) mass is 458 g/mol. The first-order valence-electron chi connectivity index (χ1n) is 8.63. The fourth-order valence-electron chi connectivity index (χ4n) is 2.12. The molecule has 0 amide bonds. The summed E-state index contributed by atoms with van der Waals surface area (Å²) in [5.74, 6) is -0.625. The van der Waals surface area contributed by atoms with Crippen LogP contribution in [0.1, 0.15) is 31.1 Å². The van der Waals surface area contributed by atoms with E-state index in [1.807, 2.05) is 13.8 Å². The van der Waals surface area contributed by atoms with Gasteiger partial charge in [0, 0.05) is 23.5 Å². The molecule has 1 unspecified atom stereocenters. The van der Waals surface area contributed by atoms with E-state index in [1.165, 1.54) is 18.5 Å². The number of rotatable bonds is 11. The van der Waals surface area contributed by atoms with Crippen molar-refractivity contribution in [2.24, 2.45) is 4.99 Å². The van der Waals surface area contributed by atoms with Gasteiger partial charge in [-0.05, 0) is 32.5 Å². The minimum atomic E-state index is -0.625. The van der Waals surface area contributed by atoms with Gasteiger partial charge in [-0.3, -0.25) is 4.79 Å². The SMILES string of the molecule is C/C=C(Nc1c(C=O)ccc(/N=C\NCCNCC)c1F)\C(Cl)=C/C(C)Br. The fourth-order valence-corrected chi connectivity index (χ4v) is 2.88. The van der Waals surface area contributed by atoms with E-state index < -0.39 is 5.82 Å². The third-order valence-corrected chi connectivity index (χ3v) is 4.05. The highest BCUT2D eigenvalue weighted by atomic mass is 79.9. The number of likely N-dealkylation sites (N-methyl/N-ethyl adjacent to an activating group) is 1. The Kier molecular flexibility index (Phi) is 10.9. The molecule has 0 fully saturated rings. The van der Waals surface area contributed by atoms with Crippen LogP contribution >= 0.6 is 27.5 Å². The molecule has 0 bridgehead atoms. The third-order valence-electron chi connectivity index (χ3n) is 3.45. The molecule has 148 valence electrons. The van der Waals surface area contributed by atoms with E-state index >= 15 is 0 Å². The van der Waals surface area contributed by atoms with Crippen molar-refractivity contribution < 1.29 is 9.18 Å². The minimum Gasteiger partial charge on any atom is -0.375 e. The van der Waals surface area contributed by atoms with Crippen LogP contribution in [0.4, 0.5) is 15.8 Å². The van der Waals surface area contributed by atoms with Crippen LogP contribution in [0.5, 0.6) is 0 Å². The molecule has 0 aliphatic rings. The molecule has 27 heavy (non-hydrogen) atoms. The fraction of sp³-hybridized carbons (Fsp3) is 0.368. The zero-order valence-electron chi connectivity index (χ0n) is 15.7.